The number of hydrogen-bond donors (Lipinski definition) is 2. The van der Waals surface area contributed by atoms with E-state index < -0.39 is 0 Å². The summed E-state index contributed by atoms with van der Waals surface area (Å²) in [7, 11) is 4.80. The van der Waals surface area contributed by atoms with Crippen LogP contribution in [0.3, 0.4) is 0 Å². The zero-order chi connectivity index (χ0) is 12.0. The van der Waals surface area contributed by atoms with Crippen LogP contribution in [0.25, 0.3) is 0 Å². The normalized spacial score (nSPS) is 10.0. The van der Waals surface area contributed by atoms with Gasteiger partial charge in [-0.2, -0.15) is 12.6 Å². The molecule has 1 aromatic rings. The van der Waals surface area contributed by atoms with E-state index in [1.54, 1.807) is 21.3 Å². The zero-order valence-corrected chi connectivity index (χ0v) is 10.6. The average Bonchev–Trinajstić information content (AvgIpc) is 2.34. The predicted molar refractivity (Wildman–Crippen MR) is 66.8 cm³/mol. The van der Waals surface area contributed by atoms with Crippen LogP contribution in [0.5, 0.6) is 17.2 Å². The summed E-state index contributed by atoms with van der Waals surface area (Å²) < 4.78 is 15.7. The molecule has 90 valence electrons. The number of ether oxygens (including phenoxy) is 3. The number of hydrogen-bond acceptors (Lipinski definition) is 5. The Morgan fingerprint density at radius 2 is 1.62 bits per heavy atom. The number of nitrogens with one attached hydrogen (secondary N) is 1. The maximum atomic E-state index is 5.25. The summed E-state index contributed by atoms with van der Waals surface area (Å²) in [6.45, 7) is 0.709. The van der Waals surface area contributed by atoms with Gasteiger partial charge in [0.2, 0.25) is 5.75 Å². The van der Waals surface area contributed by atoms with Gasteiger partial charge in [-0.3, -0.25) is 0 Å². The summed E-state index contributed by atoms with van der Waals surface area (Å²) in [5.41, 5.74) is 1.06. The first kappa shape index (κ1) is 13.0. The van der Waals surface area contributed by atoms with Crippen molar-refractivity contribution in [1.82, 2.24) is 5.32 Å². The summed E-state index contributed by atoms with van der Waals surface area (Å²) in [4.78, 5) is 0. The van der Waals surface area contributed by atoms with E-state index in [1.165, 1.54) is 0 Å². The molecule has 0 saturated carbocycles. The van der Waals surface area contributed by atoms with Crippen molar-refractivity contribution in [2.45, 2.75) is 6.54 Å². The van der Waals surface area contributed by atoms with Gasteiger partial charge in [0.05, 0.1) is 21.3 Å². The topological polar surface area (TPSA) is 39.7 Å². The van der Waals surface area contributed by atoms with E-state index in [0.717, 1.165) is 5.56 Å². The second-order valence-corrected chi connectivity index (χ2v) is 3.43. The number of benzene rings is 1. The van der Waals surface area contributed by atoms with Gasteiger partial charge in [0, 0.05) is 12.4 Å². The van der Waals surface area contributed by atoms with Crippen molar-refractivity contribution >= 4 is 12.6 Å². The summed E-state index contributed by atoms with van der Waals surface area (Å²) in [6.07, 6.45) is 0. The molecule has 0 spiro atoms. The van der Waals surface area contributed by atoms with Gasteiger partial charge in [-0.15, -0.1) is 0 Å². The lowest BCUT2D eigenvalue weighted by Crippen LogP contribution is -2.10. The molecule has 5 heteroatoms. The molecule has 0 aliphatic carbocycles. The van der Waals surface area contributed by atoms with Crippen LogP contribution < -0.4 is 19.5 Å². The molecule has 0 aliphatic rings. The fourth-order valence-electron chi connectivity index (χ4n) is 1.44. The minimum atomic E-state index is 0.611. The van der Waals surface area contributed by atoms with Crippen molar-refractivity contribution in [3.63, 3.8) is 0 Å². The maximum Gasteiger partial charge on any atom is 0.203 e. The highest BCUT2D eigenvalue weighted by molar-refractivity contribution is 7.80. The van der Waals surface area contributed by atoms with Gasteiger partial charge in [0.15, 0.2) is 11.5 Å². The van der Waals surface area contributed by atoms with E-state index in [-0.39, 0.29) is 0 Å². The molecule has 0 atom stereocenters. The van der Waals surface area contributed by atoms with E-state index in [2.05, 4.69) is 17.9 Å². The molecule has 0 fully saturated rings. The molecule has 1 N–H and O–H groups in total. The highest BCUT2D eigenvalue weighted by Gasteiger charge is 2.12. The van der Waals surface area contributed by atoms with Crippen LogP contribution in [-0.2, 0) is 6.54 Å². The first-order valence-corrected chi connectivity index (χ1v) is 5.50. The lowest BCUT2D eigenvalue weighted by Gasteiger charge is -2.14. The van der Waals surface area contributed by atoms with Crippen molar-refractivity contribution < 1.29 is 14.2 Å². The SMILES string of the molecule is COc1cc(CNCS)cc(OC)c1OC. The second-order valence-electron chi connectivity index (χ2n) is 3.12. The molecule has 0 aliphatic heterocycles. The lowest BCUT2D eigenvalue weighted by atomic mass is 10.2. The van der Waals surface area contributed by atoms with E-state index in [4.69, 9.17) is 14.2 Å². The van der Waals surface area contributed by atoms with E-state index in [9.17, 15) is 0 Å². The largest absolute Gasteiger partial charge is 0.493 e. The number of rotatable bonds is 6. The Hall–Kier alpha value is -1.07. The first-order chi connectivity index (χ1) is 7.76. The van der Waals surface area contributed by atoms with E-state index in [1.807, 2.05) is 12.1 Å². The molecule has 0 bridgehead atoms. The smallest absolute Gasteiger partial charge is 0.203 e. The zero-order valence-electron chi connectivity index (χ0n) is 9.74. The van der Waals surface area contributed by atoms with Gasteiger partial charge in [0.25, 0.3) is 0 Å². The molecule has 1 aromatic carbocycles. The van der Waals surface area contributed by atoms with Crippen molar-refractivity contribution in [3.8, 4) is 17.2 Å². The van der Waals surface area contributed by atoms with Crippen LogP contribution in [0.4, 0.5) is 0 Å². The van der Waals surface area contributed by atoms with Gasteiger partial charge in [-0.05, 0) is 17.7 Å². The Morgan fingerprint density at radius 1 is 1.06 bits per heavy atom. The Morgan fingerprint density at radius 3 is 2.00 bits per heavy atom. The van der Waals surface area contributed by atoms with Gasteiger partial charge < -0.3 is 19.5 Å². The summed E-state index contributed by atoms with van der Waals surface area (Å²) in [5, 5.41) is 3.12. The fraction of sp³-hybridized carbons (Fsp3) is 0.455. The summed E-state index contributed by atoms with van der Waals surface area (Å²) in [6, 6.07) is 3.83. The fourth-order valence-corrected chi connectivity index (χ4v) is 1.55. The predicted octanol–water partition coefficient (Wildman–Crippen LogP) is 1.69. The van der Waals surface area contributed by atoms with Crippen molar-refractivity contribution in [1.29, 1.82) is 0 Å². The third kappa shape index (κ3) is 2.96. The molecule has 0 heterocycles. The van der Waals surface area contributed by atoms with Crippen molar-refractivity contribution in [3.05, 3.63) is 17.7 Å². The van der Waals surface area contributed by atoms with E-state index in [0.29, 0.717) is 29.7 Å². The Bertz CT molecular complexity index is 319. The third-order valence-corrected chi connectivity index (χ3v) is 2.39. The molecular formula is C11H17NO3S. The molecular weight excluding hydrogens is 226 g/mol. The number of methoxy groups -OCH3 is 3. The lowest BCUT2D eigenvalue weighted by molar-refractivity contribution is 0.323. The van der Waals surface area contributed by atoms with Crippen molar-refractivity contribution in [2.24, 2.45) is 0 Å². The third-order valence-electron chi connectivity index (χ3n) is 2.17. The molecule has 16 heavy (non-hydrogen) atoms. The molecule has 0 saturated heterocycles. The molecule has 1 rings (SSSR count). The van der Waals surface area contributed by atoms with E-state index >= 15 is 0 Å². The van der Waals surface area contributed by atoms with Gasteiger partial charge in [-0.25, -0.2) is 0 Å². The van der Waals surface area contributed by atoms with Gasteiger partial charge in [0.1, 0.15) is 0 Å². The highest BCUT2D eigenvalue weighted by atomic mass is 32.1. The summed E-state index contributed by atoms with van der Waals surface area (Å²) in [5.74, 6) is 2.56. The second kappa shape index (κ2) is 6.50. The van der Waals surface area contributed by atoms with Crippen LogP contribution in [-0.4, -0.2) is 27.2 Å². The van der Waals surface area contributed by atoms with Crippen LogP contribution in [0.15, 0.2) is 12.1 Å². The quantitative estimate of drug-likeness (QED) is 0.589. The standard InChI is InChI=1S/C11H17NO3S/c1-13-9-4-8(6-12-7-16)5-10(14-2)11(9)15-3/h4-5,12,16H,6-7H2,1-3H3. The average molecular weight is 243 g/mol. The van der Waals surface area contributed by atoms with Gasteiger partial charge in [-0.1, -0.05) is 0 Å². The molecule has 0 unspecified atom stereocenters. The van der Waals surface area contributed by atoms with Crippen LogP contribution in [0.2, 0.25) is 0 Å². The first-order valence-electron chi connectivity index (χ1n) is 4.87. The minimum Gasteiger partial charge on any atom is -0.493 e. The monoisotopic (exact) mass is 243 g/mol. The Balaban J connectivity index is 3.05. The minimum absolute atomic E-state index is 0.611. The Labute approximate surface area is 101 Å². The van der Waals surface area contributed by atoms with Crippen LogP contribution in [0, 0.1) is 0 Å². The molecule has 0 aromatic heterocycles. The molecule has 0 amide bonds. The maximum absolute atomic E-state index is 5.25. The molecule has 4 nitrogen and oxygen atoms in total. The van der Waals surface area contributed by atoms with Crippen molar-refractivity contribution in [2.75, 3.05) is 27.2 Å². The summed E-state index contributed by atoms with van der Waals surface area (Å²) >= 11 is 4.09. The number of thiol groups is 1. The molecule has 0 radical (unpaired) electrons. The Kier molecular flexibility index (Phi) is 5.28. The van der Waals surface area contributed by atoms with Crippen LogP contribution in [0.1, 0.15) is 5.56 Å². The van der Waals surface area contributed by atoms with Crippen LogP contribution >= 0.6 is 12.6 Å². The van der Waals surface area contributed by atoms with Gasteiger partial charge >= 0.3 is 0 Å². The highest BCUT2D eigenvalue weighted by Crippen LogP contribution is 2.38.